The summed E-state index contributed by atoms with van der Waals surface area (Å²) in [6.07, 6.45) is 2.36. The van der Waals surface area contributed by atoms with Crippen LogP contribution >= 0.6 is 24.0 Å². The highest BCUT2D eigenvalue weighted by atomic mass is 32.2. The number of carbonyl (C=O) groups is 2. The third-order valence-electron chi connectivity index (χ3n) is 4.67. The largest absolute Gasteiger partial charge is 0.342 e. The van der Waals surface area contributed by atoms with Gasteiger partial charge in [-0.3, -0.25) is 14.5 Å². The number of sulfone groups is 1. The fraction of sp³-hybridized carbons (Fsp3) is 0.389. The number of nitrogens with zero attached hydrogens (tertiary/aromatic N) is 2. The van der Waals surface area contributed by atoms with E-state index < -0.39 is 9.84 Å². The smallest absolute Gasteiger partial charge is 0.266 e. The topological polar surface area (TPSA) is 74.8 Å². The minimum atomic E-state index is -3.05. The SMILES string of the molecule is CN(C(=O)CCN1C(=O)/C(=C/c2ccccc2)SC1=S)[C@H]1CCS(=O)(=O)C1. The molecule has 0 radical (unpaired) electrons. The van der Waals surface area contributed by atoms with Crippen LogP contribution in [0.3, 0.4) is 0 Å². The van der Waals surface area contributed by atoms with Crippen molar-refractivity contribution in [2.75, 3.05) is 25.1 Å². The molecule has 1 aromatic rings. The van der Waals surface area contributed by atoms with Crippen LogP contribution in [0.4, 0.5) is 0 Å². The molecule has 0 aromatic heterocycles. The monoisotopic (exact) mass is 424 g/mol. The Balaban J connectivity index is 1.59. The van der Waals surface area contributed by atoms with E-state index in [4.69, 9.17) is 12.2 Å². The summed E-state index contributed by atoms with van der Waals surface area (Å²) in [6, 6.07) is 9.21. The van der Waals surface area contributed by atoms with Gasteiger partial charge in [0.1, 0.15) is 4.32 Å². The minimum absolute atomic E-state index is 0.0100. The van der Waals surface area contributed by atoms with E-state index >= 15 is 0 Å². The summed E-state index contributed by atoms with van der Waals surface area (Å²) in [6.45, 7) is 0.194. The number of hydrogen-bond acceptors (Lipinski definition) is 6. The molecule has 2 aliphatic heterocycles. The first kappa shape index (κ1) is 20.0. The maximum Gasteiger partial charge on any atom is 0.266 e. The van der Waals surface area contributed by atoms with Crippen molar-refractivity contribution in [1.29, 1.82) is 0 Å². The zero-order chi connectivity index (χ0) is 19.6. The standard InChI is InChI=1S/C18H20N2O4S3/c1-19(14-8-10-27(23,24)12-14)16(21)7-9-20-17(22)15(26-18(20)25)11-13-5-3-2-4-6-13/h2-6,11,14H,7-10,12H2,1H3/b15-11-/t14-/m0/s1. The van der Waals surface area contributed by atoms with Crippen molar-refractivity contribution in [1.82, 2.24) is 9.80 Å². The van der Waals surface area contributed by atoms with E-state index in [1.165, 1.54) is 21.6 Å². The van der Waals surface area contributed by atoms with Gasteiger partial charge in [0.2, 0.25) is 5.91 Å². The lowest BCUT2D eigenvalue weighted by Gasteiger charge is -2.24. The van der Waals surface area contributed by atoms with Gasteiger partial charge in [-0.15, -0.1) is 0 Å². The van der Waals surface area contributed by atoms with Gasteiger partial charge in [0.25, 0.3) is 5.91 Å². The van der Waals surface area contributed by atoms with Gasteiger partial charge in [0.05, 0.1) is 16.4 Å². The Hall–Kier alpha value is -1.71. The van der Waals surface area contributed by atoms with Crippen molar-refractivity contribution in [2.24, 2.45) is 0 Å². The van der Waals surface area contributed by atoms with Gasteiger partial charge < -0.3 is 4.90 Å². The molecule has 2 aliphatic rings. The van der Waals surface area contributed by atoms with Crippen LogP contribution in [0.15, 0.2) is 35.2 Å². The molecule has 0 aliphatic carbocycles. The molecule has 2 heterocycles. The van der Waals surface area contributed by atoms with Crippen LogP contribution < -0.4 is 0 Å². The number of carbonyl (C=O) groups excluding carboxylic acids is 2. The second-order valence-corrected chi connectivity index (χ2v) is 10.5. The summed E-state index contributed by atoms with van der Waals surface area (Å²) in [5, 5.41) is 0. The molecule has 2 saturated heterocycles. The first-order valence-corrected chi connectivity index (χ1v) is 11.6. The second-order valence-electron chi connectivity index (χ2n) is 6.56. The number of hydrogen-bond donors (Lipinski definition) is 0. The normalized spacial score (nSPS) is 23.2. The summed E-state index contributed by atoms with van der Waals surface area (Å²) in [5.74, 6) is -0.254. The Morgan fingerprint density at radius 2 is 2.07 bits per heavy atom. The lowest BCUT2D eigenvalue weighted by molar-refractivity contribution is -0.132. The van der Waals surface area contributed by atoms with E-state index in [0.717, 1.165) is 5.56 Å². The molecule has 0 bridgehead atoms. The van der Waals surface area contributed by atoms with E-state index in [-0.39, 0.29) is 42.3 Å². The summed E-state index contributed by atoms with van der Waals surface area (Å²) in [7, 11) is -1.43. The fourth-order valence-electron chi connectivity index (χ4n) is 3.06. The van der Waals surface area contributed by atoms with Crippen LogP contribution in [0, 0.1) is 0 Å². The molecule has 144 valence electrons. The third-order valence-corrected chi connectivity index (χ3v) is 7.80. The van der Waals surface area contributed by atoms with Crippen LogP contribution in [-0.2, 0) is 19.4 Å². The Morgan fingerprint density at radius 3 is 2.70 bits per heavy atom. The van der Waals surface area contributed by atoms with Crippen molar-refractivity contribution in [3.8, 4) is 0 Å². The van der Waals surface area contributed by atoms with Crippen molar-refractivity contribution >= 4 is 56.0 Å². The number of benzene rings is 1. The van der Waals surface area contributed by atoms with E-state index in [9.17, 15) is 18.0 Å². The molecule has 1 atom stereocenters. The molecular weight excluding hydrogens is 404 g/mol. The Bertz CT molecular complexity index is 896. The van der Waals surface area contributed by atoms with Crippen molar-refractivity contribution in [2.45, 2.75) is 18.9 Å². The van der Waals surface area contributed by atoms with Crippen LogP contribution in [0.1, 0.15) is 18.4 Å². The van der Waals surface area contributed by atoms with Gasteiger partial charge in [0, 0.05) is 26.1 Å². The lowest BCUT2D eigenvalue weighted by Crippen LogP contribution is -2.40. The molecule has 6 nitrogen and oxygen atoms in total. The summed E-state index contributed by atoms with van der Waals surface area (Å²) < 4.78 is 23.6. The first-order chi connectivity index (χ1) is 12.8. The van der Waals surface area contributed by atoms with Crippen LogP contribution in [0.2, 0.25) is 0 Å². The van der Waals surface area contributed by atoms with E-state index in [1.54, 1.807) is 13.1 Å². The molecule has 0 unspecified atom stereocenters. The highest BCUT2D eigenvalue weighted by Crippen LogP contribution is 2.32. The average molecular weight is 425 g/mol. The molecule has 3 rings (SSSR count). The molecule has 2 amide bonds. The van der Waals surface area contributed by atoms with Crippen molar-refractivity contribution < 1.29 is 18.0 Å². The Morgan fingerprint density at radius 1 is 1.37 bits per heavy atom. The van der Waals surface area contributed by atoms with E-state index in [2.05, 4.69) is 0 Å². The number of thioether (sulfide) groups is 1. The summed E-state index contributed by atoms with van der Waals surface area (Å²) in [5.41, 5.74) is 0.913. The molecular formula is C18H20N2O4S3. The molecule has 9 heteroatoms. The number of amides is 2. The highest BCUT2D eigenvalue weighted by molar-refractivity contribution is 8.26. The van der Waals surface area contributed by atoms with Gasteiger partial charge in [-0.1, -0.05) is 54.3 Å². The maximum atomic E-state index is 12.6. The van der Waals surface area contributed by atoms with E-state index in [1.807, 2.05) is 30.3 Å². The van der Waals surface area contributed by atoms with Crippen LogP contribution in [0.5, 0.6) is 0 Å². The quantitative estimate of drug-likeness (QED) is 0.531. The first-order valence-electron chi connectivity index (χ1n) is 8.53. The molecule has 2 fully saturated rings. The summed E-state index contributed by atoms with van der Waals surface area (Å²) >= 11 is 6.52. The van der Waals surface area contributed by atoms with Gasteiger partial charge in [-0.25, -0.2) is 8.42 Å². The van der Waals surface area contributed by atoms with Gasteiger partial charge in [0.15, 0.2) is 9.84 Å². The predicted molar refractivity (Wildman–Crippen MR) is 111 cm³/mol. The van der Waals surface area contributed by atoms with Gasteiger partial charge >= 0.3 is 0 Å². The fourth-order valence-corrected chi connectivity index (χ4v) is 6.14. The molecule has 0 spiro atoms. The van der Waals surface area contributed by atoms with Gasteiger partial charge in [-0.2, -0.15) is 0 Å². The second kappa shape index (κ2) is 8.12. The van der Waals surface area contributed by atoms with E-state index in [0.29, 0.717) is 15.6 Å². The Kier molecular flexibility index (Phi) is 6.02. The molecule has 0 N–H and O–H groups in total. The van der Waals surface area contributed by atoms with Gasteiger partial charge in [-0.05, 0) is 18.1 Å². The summed E-state index contributed by atoms with van der Waals surface area (Å²) in [4.78, 5) is 28.5. The molecule has 27 heavy (non-hydrogen) atoms. The molecule has 0 saturated carbocycles. The molecule has 1 aromatic carbocycles. The highest BCUT2D eigenvalue weighted by Gasteiger charge is 2.35. The average Bonchev–Trinajstić information content (AvgIpc) is 3.12. The third kappa shape index (κ3) is 4.77. The maximum absolute atomic E-state index is 12.6. The van der Waals surface area contributed by atoms with Crippen molar-refractivity contribution in [3.63, 3.8) is 0 Å². The number of rotatable bonds is 5. The number of thiocarbonyl (C=S) groups is 1. The predicted octanol–water partition coefficient (Wildman–Crippen LogP) is 1.92. The van der Waals surface area contributed by atoms with Crippen molar-refractivity contribution in [3.05, 3.63) is 40.8 Å². The zero-order valence-electron chi connectivity index (χ0n) is 14.8. The van der Waals surface area contributed by atoms with Crippen LogP contribution in [0.25, 0.3) is 6.08 Å². The zero-order valence-corrected chi connectivity index (χ0v) is 17.3. The minimum Gasteiger partial charge on any atom is -0.342 e. The van der Waals surface area contributed by atoms with Crippen LogP contribution in [-0.4, -0.2) is 65.5 Å². The lowest BCUT2D eigenvalue weighted by atomic mass is 10.2. The Labute approximate surface area is 168 Å².